The third-order valence-electron chi connectivity index (χ3n) is 3.40. The minimum Gasteiger partial charge on any atom is -0.495 e. The number of rotatable bonds is 6. The SMILES string of the molecule is COc1ccccc1NC(N)=NCCOc1c(C)cccc1C. The lowest BCUT2D eigenvalue weighted by atomic mass is 10.1. The Labute approximate surface area is 137 Å². The van der Waals surface area contributed by atoms with E-state index in [9.17, 15) is 0 Å². The van der Waals surface area contributed by atoms with Gasteiger partial charge in [0.15, 0.2) is 5.96 Å². The van der Waals surface area contributed by atoms with Crippen LogP contribution in [0.3, 0.4) is 0 Å². The minimum absolute atomic E-state index is 0.333. The maximum atomic E-state index is 5.90. The van der Waals surface area contributed by atoms with Crippen molar-refractivity contribution in [1.29, 1.82) is 0 Å². The smallest absolute Gasteiger partial charge is 0.193 e. The fourth-order valence-electron chi connectivity index (χ4n) is 2.27. The van der Waals surface area contributed by atoms with Gasteiger partial charge in [-0.1, -0.05) is 30.3 Å². The summed E-state index contributed by atoms with van der Waals surface area (Å²) in [5, 5.41) is 3.03. The summed E-state index contributed by atoms with van der Waals surface area (Å²) in [5.41, 5.74) is 8.92. The van der Waals surface area contributed by atoms with Gasteiger partial charge in [0.05, 0.1) is 19.3 Å². The van der Waals surface area contributed by atoms with E-state index >= 15 is 0 Å². The van der Waals surface area contributed by atoms with Crippen LogP contribution < -0.4 is 20.5 Å². The second-order valence-corrected chi connectivity index (χ2v) is 5.16. The molecule has 0 fully saturated rings. The highest BCUT2D eigenvalue weighted by atomic mass is 16.5. The second kappa shape index (κ2) is 8.08. The highest BCUT2D eigenvalue weighted by Gasteiger charge is 2.04. The summed E-state index contributed by atoms with van der Waals surface area (Å²) in [6.07, 6.45) is 0. The van der Waals surface area contributed by atoms with E-state index in [1.165, 1.54) is 0 Å². The Morgan fingerprint density at radius 3 is 2.48 bits per heavy atom. The molecule has 122 valence electrons. The molecule has 0 radical (unpaired) electrons. The fraction of sp³-hybridized carbons (Fsp3) is 0.278. The summed E-state index contributed by atoms with van der Waals surface area (Å²) in [7, 11) is 1.62. The van der Waals surface area contributed by atoms with Gasteiger partial charge >= 0.3 is 0 Å². The van der Waals surface area contributed by atoms with E-state index in [1.807, 2.05) is 56.3 Å². The molecule has 5 heteroatoms. The van der Waals surface area contributed by atoms with E-state index in [4.69, 9.17) is 15.2 Å². The molecule has 2 aromatic rings. The molecule has 0 aliphatic heterocycles. The van der Waals surface area contributed by atoms with Crippen LogP contribution in [0.5, 0.6) is 11.5 Å². The van der Waals surface area contributed by atoms with Gasteiger partial charge in [-0.05, 0) is 37.1 Å². The number of para-hydroxylation sites is 3. The summed E-state index contributed by atoms with van der Waals surface area (Å²) in [6.45, 7) is 5.01. The Morgan fingerprint density at radius 1 is 1.09 bits per heavy atom. The Hall–Kier alpha value is -2.69. The first-order valence-corrected chi connectivity index (χ1v) is 7.51. The van der Waals surface area contributed by atoms with Crippen molar-refractivity contribution in [3.63, 3.8) is 0 Å². The van der Waals surface area contributed by atoms with E-state index in [0.717, 1.165) is 28.3 Å². The normalized spacial score (nSPS) is 11.2. The van der Waals surface area contributed by atoms with Gasteiger partial charge in [0.1, 0.15) is 18.1 Å². The zero-order valence-electron chi connectivity index (χ0n) is 13.8. The van der Waals surface area contributed by atoms with E-state index in [-0.39, 0.29) is 0 Å². The molecule has 23 heavy (non-hydrogen) atoms. The predicted molar refractivity (Wildman–Crippen MR) is 94.5 cm³/mol. The largest absolute Gasteiger partial charge is 0.495 e. The van der Waals surface area contributed by atoms with E-state index < -0.39 is 0 Å². The molecule has 0 amide bonds. The maximum absolute atomic E-state index is 5.90. The molecular weight excluding hydrogens is 290 g/mol. The number of methoxy groups -OCH3 is 1. The minimum atomic E-state index is 0.333. The number of benzene rings is 2. The molecule has 0 bridgehead atoms. The van der Waals surface area contributed by atoms with Gasteiger partial charge in [0.2, 0.25) is 0 Å². The molecule has 5 nitrogen and oxygen atoms in total. The number of anilines is 1. The lowest BCUT2D eigenvalue weighted by molar-refractivity contribution is 0.324. The van der Waals surface area contributed by atoms with Gasteiger partial charge in [0, 0.05) is 0 Å². The molecule has 3 N–H and O–H groups in total. The number of guanidine groups is 1. The Kier molecular flexibility index (Phi) is 5.86. The summed E-state index contributed by atoms with van der Waals surface area (Å²) < 4.78 is 11.1. The topological polar surface area (TPSA) is 68.9 Å². The zero-order chi connectivity index (χ0) is 16.7. The van der Waals surface area contributed by atoms with Gasteiger partial charge in [0.25, 0.3) is 0 Å². The number of hydrogen-bond acceptors (Lipinski definition) is 3. The van der Waals surface area contributed by atoms with Crippen molar-refractivity contribution in [3.8, 4) is 11.5 Å². The van der Waals surface area contributed by atoms with Gasteiger partial charge < -0.3 is 20.5 Å². The molecule has 2 aromatic carbocycles. The van der Waals surface area contributed by atoms with Crippen molar-refractivity contribution in [2.45, 2.75) is 13.8 Å². The molecular formula is C18H23N3O2. The maximum Gasteiger partial charge on any atom is 0.193 e. The molecule has 2 rings (SSSR count). The third kappa shape index (κ3) is 4.64. The average Bonchev–Trinajstić information content (AvgIpc) is 2.54. The Morgan fingerprint density at radius 2 is 1.78 bits per heavy atom. The van der Waals surface area contributed by atoms with Crippen LogP contribution in [0.4, 0.5) is 5.69 Å². The van der Waals surface area contributed by atoms with Crippen LogP contribution in [-0.2, 0) is 0 Å². The summed E-state index contributed by atoms with van der Waals surface area (Å²) in [5.74, 6) is 1.97. The number of ether oxygens (including phenoxy) is 2. The van der Waals surface area contributed by atoms with Gasteiger partial charge in [-0.2, -0.15) is 0 Å². The standard InChI is InChI=1S/C18H23N3O2/c1-13-7-6-8-14(2)17(13)23-12-11-20-18(19)21-15-9-4-5-10-16(15)22-3/h4-10H,11-12H2,1-3H3,(H3,19,20,21). The molecule has 0 aliphatic carbocycles. The third-order valence-corrected chi connectivity index (χ3v) is 3.40. The molecule has 0 aliphatic rings. The van der Waals surface area contributed by atoms with Crippen molar-refractivity contribution in [2.24, 2.45) is 10.7 Å². The van der Waals surface area contributed by atoms with Gasteiger partial charge in [-0.15, -0.1) is 0 Å². The number of aliphatic imine (C=N–C) groups is 1. The Bertz CT molecular complexity index is 663. The van der Waals surface area contributed by atoms with E-state index in [2.05, 4.69) is 10.3 Å². The zero-order valence-corrected chi connectivity index (χ0v) is 13.8. The van der Waals surface area contributed by atoms with Crippen molar-refractivity contribution in [2.75, 3.05) is 25.6 Å². The number of aryl methyl sites for hydroxylation is 2. The first kappa shape index (κ1) is 16.7. The van der Waals surface area contributed by atoms with Crippen molar-refractivity contribution < 1.29 is 9.47 Å². The molecule has 0 spiro atoms. The lowest BCUT2D eigenvalue weighted by Gasteiger charge is -2.12. The number of nitrogens with one attached hydrogen (secondary N) is 1. The van der Waals surface area contributed by atoms with Crippen LogP contribution in [-0.4, -0.2) is 26.2 Å². The van der Waals surface area contributed by atoms with Crippen LogP contribution in [0.15, 0.2) is 47.5 Å². The van der Waals surface area contributed by atoms with Crippen LogP contribution in [0.2, 0.25) is 0 Å². The summed E-state index contributed by atoms with van der Waals surface area (Å²) >= 11 is 0. The van der Waals surface area contributed by atoms with Gasteiger partial charge in [-0.3, -0.25) is 0 Å². The van der Waals surface area contributed by atoms with Crippen molar-refractivity contribution in [1.82, 2.24) is 0 Å². The number of nitrogens with two attached hydrogens (primary N) is 1. The molecule has 0 saturated heterocycles. The van der Waals surface area contributed by atoms with Crippen LogP contribution in [0, 0.1) is 13.8 Å². The lowest BCUT2D eigenvalue weighted by Crippen LogP contribution is -2.24. The first-order valence-electron chi connectivity index (χ1n) is 7.51. The van der Waals surface area contributed by atoms with Crippen molar-refractivity contribution >= 4 is 11.6 Å². The fourth-order valence-corrected chi connectivity index (χ4v) is 2.27. The second-order valence-electron chi connectivity index (χ2n) is 5.16. The first-order chi connectivity index (χ1) is 11.1. The van der Waals surface area contributed by atoms with Crippen LogP contribution in [0.1, 0.15) is 11.1 Å². The molecule has 0 aromatic heterocycles. The quantitative estimate of drug-likeness (QED) is 0.488. The molecule has 0 atom stereocenters. The molecule has 0 heterocycles. The monoisotopic (exact) mass is 313 g/mol. The van der Waals surface area contributed by atoms with E-state index in [0.29, 0.717) is 19.1 Å². The van der Waals surface area contributed by atoms with Crippen LogP contribution >= 0.6 is 0 Å². The molecule has 0 unspecified atom stereocenters. The van der Waals surface area contributed by atoms with Gasteiger partial charge in [-0.25, -0.2) is 4.99 Å². The van der Waals surface area contributed by atoms with Crippen molar-refractivity contribution in [3.05, 3.63) is 53.6 Å². The predicted octanol–water partition coefficient (Wildman–Crippen LogP) is 3.12. The highest BCUT2D eigenvalue weighted by Crippen LogP contribution is 2.23. The summed E-state index contributed by atoms with van der Waals surface area (Å²) in [6, 6.07) is 13.6. The number of nitrogens with zero attached hydrogens (tertiary/aromatic N) is 1. The Balaban J connectivity index is 1.88. The van der Waals surface area contributed by atoms with Crippen LogP contribution in [0.25, 0.3) is 0 Å². The van der Waals surface area contributed by atoms with E-state index in [1.54, 1.807) is 7.11 Å². The summed E-state index contributed by atoms with van der Waals surface area (Å²) in [4.78, 5) is 4.27. The number of hydrogen-bond donors (Lipinski definition) is 2. The molecule has 0 saturated carbocycles. The highest BCUT2D eigenvalue weighted by molar-refractivity contribution is 5.93. The average molecular weight is 313 g/mol.